The van der Waals surface area contributed by atoms with Crippen molar-refractivity contribution >= 4 is 17.9 Å². The van der Waals surface area contributed by atoms with Crippen LogP contribution in [-0.4, -0.2) is 82.3 Å². The quantitative estimate of drug-likeness (QED) is 0.0195. The number of quaternary nitrogens is 1. The molecule has 9 nitrogen and oxygen atoms in total. The Kier molecular flexibility index (Phi) is 80.6. The Hall–Kier alpha value is -2.75. The van der Waals surface area contributed by atoms with Gasteiger partial charge in [-0.3, -0.25) is 9.59 Å². The maximum Gasteiger partial charge on any atom is 0.306 e. The molecule has 0 saturated carbocycles. The van der Waals surface area contributed by atoms with Crippen molar-refractivity contribution in [1.82, 2.24) is 0 Å². The second-order valence-corrected chi connectivity index (χ2v) is 31.9. The molecule has 0 fully saturated rings. The minimum Gasteiger partial charge on any atom is -0.545 e. The van der Waals surface area contributed by atoms with E-state index >= 15 is 0 Å². The summed E-state index contributed by atoms with van der Waals surface area (Å²) in [6, 6.07) is 0. The van der Waals surface area contributed by atoms with Gasteiger partial charge in [0.1, 0.15) is 13.2 Å². The Balaban J connectivity index is 3.90. The minimum absolute atomic E-state index is 0.151. The molecule has 101 heavy (non-hydrogen) atoms. The number of rotatable bonds is 85. The first kappa shape index (κ1) is 98.2. The summed E-state index contributed by atoms with van der Waals surface area (Å²) < 4.78 is 22.9. The lowest BCUT2D eigenvalue weighted by Crippen LogP contribution is -2.44. The summed E-state index contributed by atoms with van der Waals surface area (Å²) in [5.41, 5.74) is 0. The van der Waals surface area contributed by atoms with Crippen molar-refractivity contribution in [3.63, 3.8) is 0 Å². The number of carbonyl (C=O) groups excluding carboxylic acids is 3. The van der Waals surface area contributed by atoms with Gasteiger partial charge in [0.2, 0.25) is 0 Å². The van der Waals surface area contributed by atoms with E-state index in [1.54, 1.807) is 0 Å². The molecular weight excluding hydrogens is 1250 g/mol. The number of hydrogen-bond acceptors (Lipinski definition) is 8. The molecule has 0 aliphatic heterocycles. The molecule has 2 unspecified atom stereocenters. The molecule has 0 aliphatic carbocycles. The molecule has 0 aromatic rings. The number of hydrogen-bond donors (Lipinski definition) is 0. The fourth-order valence-electron chi connectivity index (χ4n) is 13.7. The molecule has 0 amide bonds. The Morgan fingerprint density at radius 3 is 0.802 bits per heavy atom. The summed E-state index contributed by atoms with van der Waals surface area (Å²) >= 11 is 0. The zero-order chi connectivity index (χ0) is 73.2. The molecular formula is C92H173NO8. The Morgan fingerprint density at radius 1 is 0.297 bits per heavy atom. The number of nitrogens with zero attached hydrogens (tertiary/aromatic N) is 1. The summed E-state index contributed by atoms with van der Waals surface area (Å²) in [5, 5.41) is 11.9. The van der Waals surface area contributed by atoms with Gasteiger partial charge in [0, 0.05) is 12.8 Å². The van der Waals surface area contributed by atoms with Crippen LogP contribution in [-0.2, 0) is 33.3 Å². The first-order valence-corrected chi connectivity index (χ1v) is 44.8. The number of allylic oxidation sites excluding steroid dienone is 8. The summed E-state index contributed by atoms with van der Waals surface area (Å²) in [4.78, 5) is 37.7. The van der Waals surface area contributed by atoms with E-state index in [0.29, 0.717) is 17.4 Å². The molecule has 0 aliphatic rings. The molecule has 9 heteroatoms. The second kappa shape index (κ2) is 82.9. The first-order chi connectivity index (χ1) is 49.6. The number of likely N-dealkylation sites (N-methyl/N-ethyl adjacent to an activating group) is 1. The average Bonchev–Trinajstić information content (AvgIpc) is 1.21. The molecule has 0 rings (SSSR count). The summed E-state index contributed by atoms with van der Waals surface area (Å²) in [6.07, 6.45) is 107. The normalized spacial score (nSPS) is 12.8. The van der Waals surface area contributed by atoms with Gasteiger partial charge in [-0.15, -0.1) is 0 Å². The SMILES string of the molecule is CCCCCCC/C=C\C/C=C\C/C=C\CCCCCCCCCCCCCCCCCCCCCCCCCCC(=O)OC(COC(=O)CCCCCCCCCCCCCCCCCCCCCCCCCCC/C=C\CCCCCCCCCC)COC(OCC[N+](C)(C)C)C(=O)[O-]. The van der Waals surface area contributed by atoms with Gasteiger partial charge in [0.25, 0.3) is 0 Å². The fraction of sp³-hybridized carbons (Fsp3) is 0.880. The van der Waals surface area contributed by atoms with Crippen LogP contribution in [0.1, 0.15) is 463 Å². The van der Waals surface area contributed by atoms with Crippen molar-refractivity contribution in [1.29, 1.82) is 0 Å². The van der Waals surface area contributed by atoms with Gasteiger partial charge in [-0.2, -0.15) is 0 Å². The predicted octanol–water partition coefficient (Wildman–Crippen LogP) is 27.8. The maximum atomic E-state index is 13.0. The molecule has 0 aromatic carbocycles. The molecule has 0 aromatic heterocycles. The molecule has 0 N–H and O–H groups in total. The van der Waals surface area contributed by atoms with Gasteiger partial charge in [-0.05, 0) is 77.0 Å². The minimum atomic E-state index is -1.62. The number of ether oxygens (including phenoxy) is 4. The van der Waals surface area contributed by atoms with Gasteiger partial charge >= 0.3 is 11.9 Å². The summed E-state index contributed by atoms with van der Waals surface area (Å²) in [5.74, 6) is -2.24. The lowest BCUT2D eigenvalue weighted by atomic mass is 10.0. The number of carboxylic acids is 1. The van der Waals surface area contributed by atoms with Gasteiger partial charge in [0.15, 0.2) is 12.4 Å². The largest absolute Gasteiger partial charge is 0.545 e. The van der Waals surface area contributed by atoms with E-state index in [1.165, 1.54) is 385 Å². The van der Waals surface area contributed by atoms with Gasteiger partial charge in [-0.25, -0.2) is 0 Å². The highest BCUT2D eigenvalue weighted by atomic mass is 16.7. The average molecular weight is 1420 g/mol. The van der Waals surface area contributed by atoms with Crippen molar-refractivity contribution < 1.29 is 42.9 Å². The highest BCUT2D eigenvalue weighted by Crippen LogP contribution is 2.21. The smallest absolute Gasteiger partial charge is 0.306 e. The van der Waals surface area contributed by atoms with Crippen molar-refractivity contribution in [3.05, 3.63) is 48.6 Å². The van der Waals surface area contributed by atoms with E-state index in [0.717, 1.165) is 51.4 Å². The Bertz CT molecular complexity index is 1800. The maximum absolute atomic E-state index is 13.0. The number of aliphatic carboxylic acids is 1. The predicted molar refractivity (Wildman–Crippen MR) is 436 cm³/mol. The van der Waals surface area contributed by atoms with Crippen LogP contribution in [0.25, 0.3) is 0 Å². The highest BCUT2D eigenvalue weighted by molar-refractivity contribution is 5.70. The van der Waals surface area contributed by atoms with Crippen molar-refractivity contribution in [2.75, 3.05) is 47.5 Å². The fourth-order valence-corrected chi connectivity index (χ4v) is 13.7. The first-order valence-electron chi connectivity index (χ1n) is 44.8. The van der Waals surface area contributed by atoms with Gasteiger partial charge < -0.3 is 33.3 Å². The van der Waals surface area contributed by atoms with E-state index in [1.807, 2.05) is 21.1 Å². The second-order valence-electron chi connectivity index (χ2n) is 31.9. The summed E-state index contributed by atoms with van der Waals surface area (Å²) in [7, 11) is 5.96. The molecule has 0 spiro atoms. The third kappa shape index (κ3) is 84.4. The van der Waals surface area contributed by atoms with Crippen LogP contribution < -0.4 is 5.11 Å². The van der Waals surface area contributed by atoms with Gasteiger partial charge in [0.05, 0.1) is 40.3 Å². The number of carboxylic acid groups (broad SMARTS) is 1. The van der Waals surface area contributed by atoms with E-state index in [4.69, 9.17) is 18.9 Å². The number of esters is 2. The van der Waals surface area contributed by atoms with E-state index in [9.17, 15) is 19.5 Å². The standard InChI is InChI=1S/C92H173NO8/c1-6-8-10-12-14-16-18-20-22-24-26-28-30-32-34-36-38-40-42-44-45-47-49-51-53-55-57-59-61-63-65-67-69-71-73-75-77-79-81-83-90(95)101-88(87-100-92(91(96)97)98-85-84-93(3,4)5)86-99-89(94)82-80-78-76-74-72-70-68-66-64-62-60-58-56-54-52-50-48-46-43-41-39-37-35-33-31-29-27-25-23-21-19-17-15-13-11-9-7-2/h18,20,24-27,30,32,88,92H,6-17,19,21-23,28-29,31,33-87H2,1-5H3/b20-18-,26-24-,27-25-,32-30-. The number of carbonyl (C=O) groups is 3. The summed E-state index contributed by atoms with van der Waals surface area (Å²) in [6.45, 7) is 4.82. The van der Waals surface area contributed by atoms with E-state index in [-0.39, 0.29) is 32.2 Å². The lowest BCUT2D eigenvalue weighted by molar-refractivity contribution is -0.870. The molecule has 0 bridgehead atoms. The van der Waals surface area contributed by atoms with Crippen LogP contribution in [0.4, 0.5) is 0 Å². The zero-order valence-electron chi connectivity index (χ0n) is 68.3. The van der Waals surface area contributed by atoms with E-state index < -0.39 is 24.3 Å². The monoisotopic (exact) mass is 1420 g/mol. The van der Waals surface area contributed by atoms with Crippen LogP contribution in [0.15, 0.2) is 48.6 Å². The van der Waals surface area contributed by atoms with Crippen molar-refractivity contribution in [2.24, 2.45) is 0 Å². The van der Waals surface area contributed by atoms with Crippen LogP contribution in [0, 0.1) is 0 Å². The molecule has 0 radical (unpaired) electrons. The lowest BCUT2D eigenvalue weighted by Gasteiger charge is -2.26. The molecule has 0 heterocycles. The van der Waals surface area contributed by atoms with Crippen molar-refractivity contribution in [2.45, 2.75) is 476 Å². The van der Waals surface area contributed by atoms with Gasteiger partial charge in [-0.1, -0.05) is 422 Å². The third-order valence-corrected chi connectivity index (χ3v) is 20.5. The Labute approximate surface area is 629 Å². The Morgan fingerprint density at radius 2 is 0.535 bits per heavy atom. The molecule has 2 atom stereocenters. The van der Waals surface area contributed by atoms with Crippen LogP contribution >= 0.6 is 0 Å². The van der Waals surface area contributed by atoms with Crippen LogP contribution in [0.2, 0.25) is 0 Å². The van der Waals surface area contributed by atoms with Crippen molar-refractivity contribution in [3.8, 4) is 0 Å². The zero-order valence-corrected chi connectivity index (χ0v) is 68.3. The van der Waals surface area contributed by atoms with E-state index in [2.05, 4.69) is 62.5 Å². The topological polar surface area (TPSA) is 111 Å². The highest BCUT2D eigenvalue weighted by Gasteiger charge is 2.22. The van der Waals surface area contributed by atoms with Crippen LogP contribution in [0.5, 0.6) is 0 Å². The number of unbranched alkanes of at least 4 members (excludes halogenated alkanes) is 62. The molecule has 0 saturated heterocycles. The third-order valence-electron chi connectivity index (χ3n) is 20.5. The molecule has 594 valence electrons. The van der Waals surface area contributed by atoms with Crippen LogP contribution in [0.3, 0.4) is 0 Å².